The quantitative estimate of drug-likeness (QED) is 0.206. The van der Waals surface area contributed by atoms with Gasteiger partial charge in [0.1, 0.15) is 14.2 Å². The van der Waals surface area contributed by atoms with Crippen LogP contribution in [0.15, 0.2) is 117 Å². The van der Waals surface area contributed by atoms with Crippen molar-refractivity contribution in [2.24, 2.45) is 0 Å². The molecule has 5 rings (SSSR count). The molecule has 1 fully saturated rings. The number of carbonyl (C=O) groups excluding carboxylic acids is 1. The van der Waals surface area contributed by atoms with E-state index < -0.39 is 8.41 Å². The van der Waals surface area contributed by atoms with E-state index in [1.165, 1.54) is 22.3 Å². The van der Waals surface area contributed by atoms with E-state index in [0.717, 1.165) is 19.6 Å². The van der Waals surface area contributed by atoms with Crippen molar-refractivity contribution in [1.29, 1.82) is 0 Å². The molecule has 0 aliphatic carbocycles. The number of benzene rings is 4. The maximum absolute atomic E-state index is 13.8. The Labute approximate surface area is 249 Å². The van der Waals surface area contributed by atoms with Gasteiger partial charge in [-0.15, -0.1) is 0 Å². The van der Waals surface area contributed by atoms with Crippen LogP contribution in [0.4, 0.5) is 0 Å². The summed E-state index contributed by atoms with van der Waals surface area (Å²) in [6.45, 7) is 8.43. The largest absolute Gasteiger partial charge is 0.299 e. The molecule has 2 nitrogen and oxygen atoms in total. The van der Waals surface area contributed by atoms with Crippen molar-refractivity contribution in [3.8, 4) is 0 Å². The lowest BCUT2D eigenvalue weighted by molar-refractivity contribution is -0.120. The van der Waals surface area contributed by atoms with Crippen LogP contribution < -0.4 is 5.32 Å². The molecule has 0 atom stereocenters. The summed E-state index contributed by atoms with van der Waals surface area (Å²) >= 11 is 7.02. The van der Waals surface area contributed by atoms with Gasteiger partial charge in [-0.3, -0.25) is 10.1 Å². The van der Waals surface area contributed by atoms with Gasteiger partial charge in [-0.25, -0.2) is 0 Å². The first kappa shape index (κ1) is 28.4. The van der Waals surface area contributed by atoms with Crippen LogP contribution in [0.3, 0.4) is 0 Å². The van der Waals surface area contributed by atoms with Gasteiger partial charge in [0.05, 0.1) is 0 Å². The summed E-state index contributed by atoms with van der Waals surface area (Å²) in [7, 11) is 0. The van der Waals surface area contributed by atoms with Crippen molar-refractivity contribution in [1.82, 2.24) is 5.32 Å². The molecule has 4 aromatic rings. The van der Waals surface area contributed by atoms with Crippen molar-refractivity contribution in [2.45, 2.75) is 68.5 Å². The average molecular weight is 588 g/mol. The number of hydrogen-bond donors (Lipinski definition) is 1. The van der Waals surface area contributed by atoms with Crippen LogP contribution in [0.5, 0.6) is 0 Å². The minimum Gasteiger partial charge on any atom is -0.299 e. The highest BCUT2D eigenvalue weighted by atomic mass is 32.2. The van der Waals surface area contributed by atoms with E-state index in [2.05, 4.69) is 130 Å². The van der Waals surface area contributed by atoms with Crippen LogP contribution in [-0.4, -0.2) is 14.2 Å². The summed E-state index contributed by atoms with van der Waals surface area (Å²) in [6, 6.07) is 34.5. The van der Waals surface area contributed by atoms with E-state index in [-0.39, 0.29) is 5.78 Å². The van der Waals surface area contributed by atoms with Crippen molar-refractivity contribution in [3.63, 3.8) is 0 Å². The minimum atomic E-state index is -0.574. The second kappa shape index (κ2) is 12.2. The highest BCUT2D eigenvalue weighted by Crippen LogP contribution is 2.56. The Kier molecular flexibility index (Phi) is 8.89. The van der Waals surface area contributed by atoms with Crippen LogP contribution in [0.25, 0.3) is 0 Å². The third kappa shape index (κ3) is 7.56. The average Bonchev–Trinajstić information content (AvgIpc) is 2.89. The lowest BCUT2D eigenvalue weighted by Crippen LogP contribution is -2.57. The third-order valence-corrected chi connectivity index (χ3v) is 11.8. The molecule has 0 radical (unpaired) electrons. The summed E-state index contributed by atoms with van der Waals surface area (Å²) in [4.78, 5) is 18.4. The predicted molar refractivity (Wildman–Crippen MR) is 171 cm³/mol. The van der Waals surface area contributed by atoms with Gasteiger partial charge in [0.15, 0.2) is 0 Å². The highest BCUT2D eigenvalue weighted by Gasteiger charge is 2.50. The van der Waals surface area contributed by atoms with E-state index in [9.17, 15) is 4.79 Å². The summed E-state index contributed by atoms with van der Waals surface area (Å²) in [5.41, 5.74) is 4.91. The Morgan fingerprint density at radius 3 is 0.923 bits per heavy atom. The number of thioether (sulfide) groups is 4. The highest BCUT2D eigenvalue weighted by molar-refractivity contribution is 8.19. The number of nitrogens with one attached hydrogen (secondary N) is 1. The molecular weight excluding hydrogens is 555 g/mol. The molecule has 200 valence electrons. The fourth-order valence-corrected chi connectivity index (χ4v) is 10.6. The molecule has 4 aromatic carbocycles. The van der Waals surface area contributed by atoms with Crippen molar-refractivity contribution in [3.05, 3.63) is 119 Å². The van der Waals surface area contributed by atoms with Crippen LogP contribution in [-0.2, 0) is 4.79 Å². The molecule has 1 aliphatic heterocycles. The Balaban J connectivity index is 1.57. The fraction of sp³-hybridized carbons (Fsp3) is 0.242. The number of Topliss-reactive ketones (excluding diaryl/α,β-unsaturated/α-hetero) is 1. The van der Waals surface area contributed by atoms with E-state index in [1.54, 1.807) is 47.0 Å². The monoisotopic (exact) mass is 587 g/mol. The van der Waals surface area contributed by atoms with Crippen molar-refractivity contribution < 1.29 is 4.79 Å². The Morgan fingerprint density at radius 1 is 0.462 bits per heavy atom. The minimum absolute atomic E-state index is 0.271. The van der Waals surface area contributed by atoms with Crippen LogP contribution in [0.2, 0.25) is 0 Å². The second-order valence-electron chi connectivity index (χ2n) is 10.2. The van der Waals surface area contributed by atoms with Gasteiger partial charge in [0, 0.05) is 32.4 Å². The molecule has 0 bridgehead atoms. The van der Waals surface area contributed by atoms with E-state index in [0.29, 0.717) is 12.8 Å². The number of hydrogen-bond acceptors (Lipinski definition) is 6. The third-order valence-electron chi connectivity index (χ3n) is 6.46. The zero-order chi connectivity index (χ0) is 27.5. The van der Waals surface area contributed by atoms with Gasteiger partial charge in [0.2, 0.25) is 0 Å². The maximum Gasteiger partial charge on any atom is 0.140 e. The van der Waals surface area contributed by atoms with Gasteiger partial charge >= 0.3 is 0 Å². The van der Waals surface area contributed by atoms with Gasteiger partial charge in [-0.05, 0) is 76.2 Å². The van der Waals surface area contributed by atoms with Gasteiger partial charge < -0.3 is 0 Å². The fourth-order valence-electron chi connectivity index (χ4n) is 4.43. The molecule has 0 amide bonds. The molecular formula is C33H33NOS4. The molecule has 0 saturated carbocycles. The van der Waals surface area contributed by atoms with Crippen LogP contribution >= 0.6 is 47.0 Å². The standard InChI is InChI=1S/C33H33NOS4/c1-23-5-13-28(14-6-23)36-32(37-29-15-7-24(2)8-16-29)21-27(35)22-33(34-32,38-30-17-9-25(3)10-18-30)39-31-19-11-26(4)12-20-31/h5-20,34H,21-22H2,1-4H3. The summed E-state index contributed by atoms with van der Waals surface area (Å²) in [6.07, 6.45) is 0.878. The number of rotatable bonds is 8. The molecule has 0 aromatic heterocycles. The molecule has 39 heavy (non-hydrogen) atoms. The summed E-state index contributed by atoms with van der Waals surface area (Å²) in [5, 5.41) is 4.09. The molecule has 0 spiro atoms. The Morgan fingerprint density at radius 2 is 0.692 bits per heavy atom. The van der Waals surface area contributed by atoms with Crippen molar-refractivity contribution >= 4 is 52.8 Å². The molecule has 0 unspecified atom stereocenters. The first-order valence-electron chi connectivity index (χ1n) is 13.0. The molecule has 1 saturated heterocycles. The van der Waals surface area contributed by atoms with Crippen LogP contribution in [0.1, 0.15) is 35.1 Å². The zero-order valence-electron chi connectivity index (χ0n) is 22.7. The topological polar surface area (TPSA) is 29.1 Å². The number of aryl methyl sites for hydroxylation is 4. The Hall–Kier alpha value is -2.09. The van der Waals surface area contributed by atoms with E-state index >= 15 is 0 Å². The second-order valence-corrected chi connectivity index (χ2v) is 16.2. The maximum atomic E-state index is 13.8. The SMILES string of the molecule is Cc1ccc(SC2(Sc3ccc(C)cc3)CC(=O)CC(Sc3ccc(C)cc3)(Sc3ccc(C)cc3)N2)cc1. The molecule has 1 heterocycles. The Bertz CT molecular complexity index is 1210. The normalized spacial score (nSPS) is 16.3. The number of piperidine rings is 1. The smallest absolute Gasteiger partial charge is 0.140 e. The number of carbonyl (C=O) groups is 1. The lowest BCUT2D eigenvalue weighted by Gasteiger charge is -2.47. The molecule has 6 heteroatoms. The van der Waals surface area contributed by atoms with Crippen LogP contribution in [0, 0.1) is 27.7 Å². The van der Waals surface area contributed by atoms with Gasteiger partial charge in [0.25, 0.3) is 0 Å². The molecule has 1 N–H and O–H groups in total. The first-order valence-corrected chi connectivity index (χ1v) is 16.3. The first-order chi connectivity index (χ1) is 18.7. The van der Waals surface area contributed by atoms with E-state index in [4.69, 9.17) is 0 Å². The molecule has 1 aliphatic rings. The number of ketones is 1. The van der Waals surface area contributed by atoms with Crippen molar-refractivity contribution in [2.75, 3.05) is 0 Å². The van der Waals surface area contributed by atoms with Gasteiger partial charge in [-0.2, -0.15) is 0 Å². The summed E-state index contributed by atoms with van der Waals surface area (Å²) < 4.78 is -1.15. The predicted octanol–water partition coefficient (Wildman–Crippen LogP) is 9.65. The zero-order valence-corrected chi connectivity index (χ0v) is 26.0. The summed E-state index contributed by atoms with van der Waals surface area (Å²) in [5.74, 6) is 0.271. The van der Waals surface area contributed by atoms with Gasteiger partial charge in [-0.1, -0.05) is 118 Å². The lowest BCUT2D eigenvalue weighted by atomic mass is 10.1. The van der Waals surface area contributed by atoms with E-state index in [1.807, 2.05) is 0 Å².